The summed E-state index contributed by atoms with van der Waals surface area (Å²) < 4.78 is 17.3. The SMILES string of the molecule is O=C1/C(=C/c2ccc(C3CCCCC3Cl)o2)SC(=S)N1Cc1ccc2c(c1)OCO2. The molecule has 1 aromatic heterocycles. The lowest BCUT2D eigenvalue weighted by molar-refractivity contribution is -0.122. The van der Waals surface area contributed by atoms with Crippen molar-refractivity contribution in [2.45, 2.75) is 43.5 Å². The quantitative estimate of drug-likeness (QED) is 0.332. The van der Waals surface area contributed by atoms with Gasteiger partial charge in [-0.3, -0.25) is 9.69 Å². The smallest absolute Gasteiger partial charge is 0.266 e. The molecule has 5 nitrogen and oxygen atoms in total. The van der Waals surface area contributed by atoms with Crippen LogP contribution in [-0.4, -0.2) is 27.3 Å². The number of thioether (sulfide) groups is 1. The van der Waals surface area contributed by atoms with E-state index in [2.05, 4.69) is 0 Å². The molecule has 1 aliphatic carbocycles. The second-order valence-electron chi connectivity index (χ2n) is 7.60. The number of carbonyl (C=O) groups excluding carboxylic acids is 1. The van der Waals surface area contributed by atoms with Crippen LogP contribution >= 0.6 is 35.6 Å². The van der Waals surface area contributed by atoms with Gasteiger partial charge in [-0.1, -0.05) is 42.9 Å². The molecule has 2 fully saturated rings. The van der Waals surface area contributed by atoms with Crippen LogP contribution in [0.1, 0.15) is 48.7 Å². The van der Waals surface area contributed by atoms with Gasteiger partial charge in [-0.05, 0) is 42.7 Å². The summed E-state index contributed by atoms with van der Waals surface area (Å²) in [6.07, 6.45) is 6.17. The van der Waals surface area contributed by atoms with Gasteiger partial charge in [-0.15, -0.1) is 11.6 Å². The Labute approximate surface area is 189 Å². The molecule has 3 aliphatic rings. The van der Waals surface area contributed by atoms with Crippen molar-refractivity contribution in [1.82, 2.24) is 4.90 Å². The molecule has 30 heavy (non-hydrogen) atoms. The molecular formula is C22H20ClNO4S2. The number of rotatable bonds is 4. The standard InChI is InChI=1S/C22H20ClNO4S2/c23-16-4-2-1-3-15(16)17-8-6-14(28-17)10-20-21(25)24(22(29)30-20)11-13-5-7-18-19(9-13)27-12-26-18/h5-10,15-16H,1-4,11-12H2/b20-10-. The molecule has 0 bridgehead atoms. The number of thiocarbonyl (C=S) groups is 1. The Kier molecular flexibility index (Phi) is 5.52. The van der Waals surface area contributed by atoms with Crippen molar-refractivity contribution in [2.24, 2.45) is 0 Å². The van der Waals surface area contributed by atoms with E-state index in [-0.39, 0.29) is 24.0 Å². The van der Waals surface area contributed by atoms with E-state index in [9.17, 15) is 4.79 Å². The fraction of sp³-hybridized carbons (Fsp3) is 0.364. The topological polar surface area (TPSA) is 51.9 Å². The minimum atomic E-state index is -0.117. The summed E-state index contributed by atoms with van der Waals surface area (Å²) in [6.45, 7) is 0.608. The van der Waals surface area contributed by atoms with Crippen molar-refractivity contribution in [3.05, 3.63) is 52.3 Å². The number of alkyl halides is 1. The zero-order chi connectivity index (χ0) is 20.7. The Bertz CT molecular complexity index is 1030. The zero-order valence-corrected chi connectivity index (χ0v) is 18.5. The van der Waals surface area contributed by atoms with E-state index in [1.807, 2.05) is 30.3 Å². The lowest BCUT2D eigenvalue weighted by Gasteiger charge is -2.25. The summed E-state index contributed by atoms with van der Waals surface area (Å²) in [4.78, 5) is 15.1. The summed E-state index contributed by atoms with van der Waals surface area (Å²) in [7, 11) is 0. The molecule has 5 rings (SSSR count). The molecular weight excluding hydrogens is 442 g/mol. The molecule has 1 aromatic carbocycles. The summed E-state index contributed by atoms with van der Waals surface area (Å²) >= 11 is 13.2. The number of fused-ring (bicyclic) bond motifs is 1. The first-order valence-corrected chi connectivity index (χ1v) is 11.6. The van der Waals surface area contributed by atoms with Crippen molar-refractivity contribution >= 4 is 51.9 Å². The van der Waals surface area contributed by atoms with E-state index in [0.29, 0.717) is 27.3 Å². The van der Waals surface area contributed by atoms with Crippen LogP contribution in [0, 0.1) is 0 Å². The average Bonchev–Trinajstić information content (AvgIpc) is 3.45. The van der Waals surface area contributed by atoms with Crippen molar-refractivity contribution in [3.63, 3.8) is 0 Å². The molecule has 0 N–H and O–H groups in total. The Morgan fingerprint density at radius 2 is 2.00 bits per heavy atom. The van der Waals surface area contributed by atoms with Crippen LogP contribution in [0.2, 0.25) is 0 Å². The maximum Gasteiger partial charge on any atom is 0.266 e. The number of hydrogen-bond acceptors (Lipinski definition) is 6. The van der Waals surface area contributed by atoms with Gasteiger partial charge in [0.2, 0.25) is 6.79 Å². The number of halogens is 1. The molecule has 2 unspecified atom stereocenters. The van der Waals surface area contributed by atoms with E-state index < -0.39 is 0 Å². The van der Waals surface area contributed by atoms with E-state index in [4.69, 9.17) is 37.7 Å². The van der Waals surface area contributed by atoms with Gasteiger partial charge < -0.3 is 13.9 Å². The highest BCUT2D eigenvalue weighted by atomic mass is 35.5. The molecule has 8 heteroatoms. The van der Waals surface area contributed by atoms with Gasteiger partial charge in [-0.2, -0.15) is 0 Å². The Morgan fingerprint density at radius 1 is 1.17 bits per heavy atom. The monoisotopic (exact) mass is 461 g/mol. The Balaban J connectivity index is 1.31. The number of ether oxygens (including phenoxy) is 2. The Hall–Kier alpha value is -1.96. The lowest BCUT2D eigenvalue weighted by atomic mass is 9.87. The average molecular weight is 462 g/mol. The van der Waals surface area contributed by atoms with Crippen molar-refractivity contribution in [3.8, 4) is 11.5 Å². The number of nitrogens with zero attached hydrogens (tertiary/aromatic N) is 1. The minimum absolute atomic E-state index is 0.109. The van der Waals surface area contributed by atoms with Gasteiger partial charge in [0.15, 0.2) is 11.5 Å². The van der Waals surface area contributed by atoms with Crippen LogP contribution in [0.5, 0.6) is 11.5 Å². The van der Waals surface area contributed by atoms with E-state index >= 15 is 0 Å². The minimum Gasteiger partial charge on any atom is -0.461 e. The first-order valence-electron chi connectivity index (χ1n) is 9.96. The summed E-state index contributed by atoms with van der Waals surface area (Å²) in [5.41, 5.74) is 0.933. The van der Waals surface area contributed by atoms with Gasteiger partial charge in [0, 0.05) is 17.4 Å². The molecule has 1 saturated heterocycles. The maximum absolute atomic E-state index is 12.9. The largest absolute Gasteiger partial charge is 0.461 e. The zero-order valence-electron chi connectivity index (χ0n) is 16.1. The van der Waals surface area contributed by atoms with Crippen LogP contribution in [0.15, 0.2) is 39.7 Å². The number of hydrogen-bond donors (Lipinski definition) is 0. The van der Waals surface area contributed by atoms with Gasteiger partial charge in [0.1, 0.15) is 15.8 Å². The first-order chi connectivity index (χ1) is 14.6. The summed E-state index contributed by atoms with van der Waals surface area (Å²) in [6, 6.07) is 9.53. The highest BCUT2D eigenvalue weighted by Crippen LogP contribution is 2.39. The molecule has 0 spiro atoms. The summed E-state index contributed by atoms with van der Waals surface area (Å²) in [5.74, 6) is 3.09. The van der Waals surface area contributed by atoms with E-state index in [0.717, 1.165) is 29.9 Å². The normalized spacial score (nSPS) is 24.8. The van der Waals surface area contributed by atoms with Crippen LogP contribution in [0.25, 0.3) is 6.08 Å². The molecule has 0 radical (unpaired) electrons. The van der Waals surface area contributed by atoms with Crippen LogP contribution in [0.3, 0.4) is 0 Å². The third-order valence-corrected chi connectivity index (χ3v) is 7.52. The third kappa shape index (κ3) is 3.86. The van der Waals surface area contributed by atoms with Crippen LogP contribution in [0.4, 0.5) is 0 Å². The number of carbonyl (C=O) groups is 1. The van der Waals surface area contributed by atoms with Crippen molar-refractivity contribution < 1.29 is 18.7 Å². The third-order valence-electron chi connectivity index (χ3n) is 5.62. The molecule has 3 heterocycles. The molecule has 2 atom stereocenters. The van der Waals surface area contributed by atoms with Gasteiger partial charge in [-0.25, -0.2) is 0 Å². The number of amides is 1. The highest BCUT2D eigenvalue weighted by Gasteiger charge is 2.33. The van der Waals surface area contributed by atoms with Gasteiger partial charge >= 0.3 is 0 Å². The number of benzene rings is 1. The van der Waals surface area contributed by atoms with Crippen LogP contribution in [-0.2, 0) is 11.3 Å². The van der Waals surface area contributed by atoms with Gasteiger partial charge in [0.25, 0.3) is 5.91 Å². The van der Waals surface area contributed by atoms with E-state index in [1.54, 1.807) is 11.0 Å². The fourth-order valence-electron chi connectivity index (χ4n) is 4.04. The highest BCUT2D eigenvalue weighted by molar-refractivity contribution is 8.26. The molecule has 2 aliphatic heterocycles. The van der Waals surface area contributed by atoms with Gasteiger partial charge in [0.05, 0.1) is 11.4 Å². The van der Waals surface area contributed by atoms with Crippen molar-refractivity contribution in [2.75, 3.05) is 6.79 Å². The molecule has 156 valence electrons. The number of furan rings is 1. The fourth-order valence-corrected chi connectivity index (χ4v) is 5.68. The molecule has 1 saturated carbocycles. The van der Waals surface area contributed by atoms with Crippen molar-refractivity contribution in [1.29, 1.82) is 0 Å². The van der Waals surface area contributed by atoms with Crippen LogP contribution < -0.4 is 9.47 Å². The van der Waals surface area contributed by atoms with E-state index in [1.165, 1.54) is 24.6 Å². The first kappa shape index (κ1) is 20.0. The lowest BCUT2D eigenvalue weighted by Crippen LogP contribution is -2.27. The maximum atomic E-state index is 12.9. The summed E-state index contributed by atoms with van der Waals surface area (Å²) in [5, 5.41) is 0.109. The second kappa shape index (κ2) is 8.29. The Morgan fingerprint density at radius 3 is 2.87 bits per heavy atom. The second-order valence-corrected chi connectivity index (χ2v) is 9.84. The molecule has 1 amide bonds. The predicted molar refractivity (Wildman–Crippen MR) is 121 cm³/mol. The predicted octanol–water partition coefficient (Wildman–Crippen LogP) is 5.67. The molecule has 2 aromatic rings.